The van der Waals surface area contributed by atoms with Gasteiger partial charge in [-0.15, -0.1) is 12.4 Å². The summed E-state index contributed by atoms with van der Waals surface area (Å²) in [6, 6.07) is 10.0. The SMILES string of the molecule is CCN(CC)CCNCc1ccc(-c2ccc(C)c(Cl)c2)o1.Cl. The second kappa shape index (κ2) is 9.99. The molecule has 0 spiro atoms. The third-order valence-corrected chi connectivity index (χ3v) is 4.32. The van der Waals surface area contributed by atoms with Gasteiger partial charge in [-0.1, -0.05) is 37.6 Å². The predicted octanol–water partition coefficient (Wildman–Crippen LogP) is 4.76. The number of nitrogens with one attached hydrogen (secondary N) is 1. The third kappa shape index (κ3) is 5.85. The van der Waals surface area contributed by atoms with Gasteiger partial charge in [0.05, 0.1) is 6.54 Å². The standard InChI is InChI=1S/C18H25ClN2O.ClH/c1-4-21(5-2)11-10-20-13-16-8-9-18(22-16)15-7-6-14(3)17(19)12-15;/h6-9,12,20H,4-5,10-11,13H2,1-3H3;1H. The van der Waals surface area contributed by atoms with E-state index in [0.717, 1.165) is 60.4 Å². The predicted molar refractivity (Wildman–Crippen MR) is 101 cm³/mol. The second-order valence-electron chi connectivity index (χ2n) is 5.43. The number of furan rings is 1. The highest BCUT2D eigenvalue weighted by molar-refractivity contribution is 6.31. The number of aryl methyl sites for hydroxylation is 1. The zero-order valence-electron chi connectivity index (χ0n) is 14.1. The molecular formula is C18H26Cl2N2O. The average Bonchev–Trinajstić information content (AvgIpc) is 2.99. The van der Waals surface area contributed by atoms with E-state index >= 15 is 0 Å². The third-order valence-electron chi connectivity index (χ3n) is 3.92. The van der Waals surface area contributed by atoms with E-state index in [1.165, 1.54) is 0 Å². The number of rotatable bonds is 8. The molecule has 0 saturated carbocycles. The van der Waals surface area contributed by atoms with Crippen molar-refractivity contribution in [3.8, 4) is 11.3 Å². The molecule has 0 bridgehead atoms. The summed E-state index contributed by atoms with van der Waals surface area (Å²) in [6.45, 7) is 11.3. The number of halogens is 2. The lowest BCUT2D eigenvalue weighted by Crippen LogP contribution is -2.31. The van der Waals surface area contributed by atoms with Crippen LogP contribution in [0.15, 0.2) is 34.7 Å². The van der Waals surface area contributed by atoms with Crippen molar-refractivity contribution >= 4 is 24.0 Å². The van der Waals surface area contributed by atoms with Gasteiger partial charge in [0.1, 0.15) is 11.5 Å². The topological polar surface area (TPSA) is 28.4 Å². The molecule has 1 heterocycles. The molecule has 0 amide bonds. The first-order valence-corrected chi connectivity index (χ1v) is 8.30. The molecule has 1 aromatic carbocycles. The molecule has 1 N–H and O–H groups in total. The highest BCUT2D eigenvalue weighted by Gasteiger charge is 2.06. The van der Waals surface area contributed by atoms with Crippen LogP contribution in [0.1, 0.15) is 25.2 Å². The van der Waals surface area contributed by atoms with Gasteiger partial charge in [-0.3, -0.25) is 0 Å². The molecule has 0 aliphatic carbocycles. The molecule has 2 aromatic rings. The van der Waals surface area contributed by atoms with E-state index in [0.29, 0.717) is 0 Å². The Bertz CT molecular complexity index is 594. The van der Waals surface area contributed by atoms with E-state index in [1.807, 2.05) is 37.3 Å². The molecule has 0 saturated heterocycles. The van der Waals surface area contributed by atoms with Gasteiger partial charge >= 0.3 is 0 Å². The van der Waals surface area contributed by atoms with Crippen LogP contribution in [-0.4, -0.2) is 31.1 Å². The maximum absolute atomic E-state index is 6.17. The second-order valence-corrected chi connectivity index (χ2v) is 5.84. The van der Waals surface area contributed by atoms with Crippen molar-refractivity contribution in [2.24, 2.45) is 0 Å². The van der Waals surface area contributed by atoms with Gasteiger partial charge in [0, 0.05) is 23.7 Å². The largest absolute Gasteiger partial charge is 0.460 e. The Balaban J connectivity index is 0.00000264. The summed E-state index contributed by atoms with van der Waals surface area (Å²) in [5.74, 6) is 1.81. The van der Waals surface area contributed by atoms with Crippen LogP contribution >= 0.6 is 24.0 Å². The summed E-state index contributed by atoms with van der Waals surface area (Å²) in [7, 11) is 0. The summed E-state index contributed by atoms with van der Waals surface area (Å²) in [5.41, 5.74) is 2.10. The van der Waals surface area contributed by atoms with Crippen molar-refractivity contribution in [1.29, 1.82) is 0 Å². The molecule has 5 heteroatoms. The Morgan fingerprint density at radius 2 is 1.87 bits per heavy atom. The molecular weight excluding hydrogens is 331 g/mol. The maximum Gasteiger partial charge on any atom is 0.134 e. The first-order chi connectivity index (χ1) is 10.6. The molecule has 0 atom stereocenters. The summed E-state index contributed by atoms with van der Waals surface area (Å²) < 4.78 is 5.89. The Kier molecular flexibility index (Phi) is 8.71. The first-order valence-electron chi connectivity index (χ1n) is 7.92. The summed E-state index contributed by atoms with van der Waals surface area (Å²) in [5, 5.41) is 4.20. The molecule has 0 aliphatic rings. The fourth-order valence-corrected chi connectivity index (χ4v) is 2.54. The normalized spacial score (nSPS) is 10.8. The number of nitrogens with zero attached hydrogens (tertiary/aromatic N) is 1. The van der Waals surface area contributed by atoms with Gasteiger partial charge < -0.3 is 14.6 Å². The van der Waals surface area contributed by atoms with Gasteiger partial charge in [0.25, 0.3) is 0 Å². The van der Waals surface area contributed by atoms with Crippen molar-refractivity contribution in [2.75, 3.05) is 26.2 Å². The van der Waals surface area contributed by atoms with Crippen LogP contribution < -0.4 is 5.32 Å². The number of hydrogen-bond donors (Lipinski definition) is 1. The van der Waals surface area contributed by atoms with E-state index in [-0.39, 0.29) is 12.4 Å². The summed E-state index contributed by atoms with van der Waals surface area (Å²) in [4.78, 5) is 2.40. The van der Waals surface area contributed by atoms with E-state index in [2.05, 4.69) is 24.1 Å². The number of likely N-dealkylation sites (N-methyl/N-ethyl adjacent to an activating group) is 1. The van der Waals surface area contributed by atoms with Crippen LogP contribution in [0.2, 0.25) is 5.02 Å². The van der Waals surface area contributed by atoms with Crippen LogP contribution in [0.3, 0.4) is 0 Å². The average molecular weight is 357 g/mol. The molecule has 1 aromatic heterocycles. The van der Waals surface area contributed by atoms with E-state index in [9.17, 15) is 0 Å². The van der Waals surface area contributed by atoms with Gasteiger partial charge in [0.15, 0.2) is 0 Å². The Labute approximate surface area is 150 Å². The Hall–Kier alpha value is -1.000. The van der Waals surface area contributed by atoms with Gasteiger partial charge in [-0.25, -0.2) is 0 Å². The van der Waals surface area contributed by atoms with Crippen molar-refractivity contribution in [1.82, 2.24) is 10.2 Å². The quantitative estimate of drug-likeness (QED) is 0.691. The van der Waals surface area contributed by atoms with E-state index < -0.39 is 0 Å². The fourth-order valence-electron chi connectivity index (χ4n) is 2.36. The van der Waals surface area contributed by atoms with Crippen LogP contribution in [0.25, 0.3) is 11.3 Å². The Morgan fingerprint density at radius 1 is 1.13 bits per heavy atom. The molecule has 0 unspecified atom stereocenters. The zero-order chi connectivity index (χ0) is 15.9. The van der Waals surface area contributed by atoms with Crippen LogP contribution in [0.5, 0.6) is 0 Å². The van der Waals surface area contributed by atoms with Crippen LogP contribution in [0.4, 0.5) is 0 Å². The lowest BCUT2D eigenvalue weighted by molar-refractivity contribution is 0.300. The molecule has 0 aliphatic heterocycles. The fraction of sp³-hybridized carbons (Fsp3) is 0.444. The monoisotopic (exact) mass is 356 g/mol. The molecule has 128 valence electrons. The molecule has 0 fully saturated rings. The van der Waals surface area contributed by atoms with E-state index in [4.69, 9.17) is 16.0 Å². The van der Waals surface area contributed by atoms with Crippen LogP contribution in [0, 0.1) is 6.92 Å². The first kappa shape index (κ1) is 20.0. The maximum atomic E-state index is 6.17. The lowest BCUT2D eigenvalue weighted by Gasteiger charge is -2.17. The molecule has 23 heavy (non-hydrogen) atoms. The molecule has 2 rings (SSSR count). The summed E-state index contributed by atoms with van der Waals surface area (Å²) in [6.07, 6.45) is 0. The Morgan fingerprint density at radius 3 is 2.52 bits per heavy atom. The number of hydrogen-bond acceptors (Lipinski definition) is 3. The van der Waals surface area contributed by atoms with Crippen LogP contribution in [-0.2, 0) is 6.54 Å². The van der Waals surface area contributed by atoms with Crippen molar-refractivity contribution in [3.63, 3.8) is 0 Å². The minimum atomic E-state index is 0. The smallest absolute Gasteiger partial charge is 0.134 e. The minimum absolute atomic E-state index is 0. The molecule has 3 nitrogen and oxygen atoms in total. The van der Waals surface area contributed by atoms with Gasteiger partial charge in [-0.2, -0.15) is 0 Å². The number of benzene rings is 1. The molecule has 0 radical (unpaired) electrons. The van der Waals surface area contributed by atoms with Crippen molar-refractivity contribution in [3.05, 3.63) is 46.7 Å². The zero-order valence-corrected chi connectivity index (χ0v) is 15.6. The lowest BCUT2D eigenvalue weighted by atomic mass is 10.1. The highest BCUT2D eigenvalue weighted by atomic mass is 35.5. The van der Waals surface area contributed by atoms with E-state index in [1.54, 1.807) is 0 Å². The van der Waals surface area contributed by atoms with Gasteiger partial charge in [0.2, 0.25) is 0 Å². The van der Waals surface area contributed by atoms with Crippen molar-refractivity contribution < 1.29 is 4.42 Å². The summed E-state index contributed by atoms with van der Waals surface area (Å²) >= 11 is 6.17. The minimum Gasteiger partial charge on any atom is -0.460 e. The van der Waals surface area contributed by atoms with Crippen molar-refractivity contribution in [2.45, 2.75) is 27.3 Å². The van der Waals surface area contributed by atoms with Gasteiger partial charge in [-0.05, 0) is 43.8 Å². The highest BCUT2D eigenvalue weighted by Crippen LogP contribution is 2.26.